The van der Waals surface area contributed by atoms with Crippen molar-refractivity contribution >= 4 is 11.6 Å². The van der Waals surface area contributed by atoms with Crippen LogP contribution >= 0.6 is 11.6 Å². The summed E-state index contributed by atoms with van der Waals surface area (Å²) in [5.74, 6) is 1.09. The van der Waals surface area contributed by atoms with Crippen LogP contribution in [0.25, 0.3) is 0 Å². The molecule has 2 saturated carbocycles. The lowest BCUT2D eigenvalue weighted by Gasteiger charge is -2.34. The molecule has 3 aliphatic rings. The van der Waals surface area contributed by atoms with E-state index in [1.165, 1.54) is 6.07 Å². The van der Waals surface area contributed by atoms with E-state index >= 15 is 0 Å². The van der Waals surface area contributed by atoms with Crippen LogP contribution in [0.4, 0.5) is 13.2 Å². The van der Waals surface area contributed by atoms with E-state index in [0.29, 0.717) is 29.3 Å². The third-order valence-corrected chi connectivity index (χ3v) is 7.77. The van der Waals surface area contributed by atoms with E-state index in [1.54, 1.807) is 13.0 Å². The van der Waals surface area contributed by atoms with Gasteiger partial charge in [0.25, 0.3) is 0 Å². The highest BCUT2D eigenvalue weighted by Gasteiger charge is 2.64. The summed E-state index contributed by atoms with van der Waals surface area (Å²) in [5, 5.41) is 7.63. The molecule has 0 amide bonds. The van der Waals surface area contributed by atoms with E-state index in [0.717, 1.165) is 38.5 Å². The predicted molar refractivity (Wildman–Crippen MR) is 105 cm³/mol. The summed E-state index contributed by atoms with van der Waals surface area (Å²) in [5.41, 5.74) is -0.0580. The van der Waals surface area contributed by atoms with Crippen LogP contribution in [-0.4, -0.2) is 16.3 Å². The van der Waals surface area contributed by atoms with Crippen molar-refractivity contribution < 1.29 is 22.3 Å². The summed E-state index contributed by atoms with van der Waals surface area (Å²) >= 11 is 6.82. The van der Waals surface area contributed by atoms with Crippen molar-refractivity contribution in [1.29, 1.82) is 0 Å². The first-order valence-corrected chi connectivity index (χ1v) is 11.0. The maximum atomic E-state index is 13.8. The van der Waals surface area contributed by atoms with Gasteiger partial charge >= 0.3 is 6.18 Å². The number of benzene rings is 1. The van der Waals surface area contributed by atoms with Gasteiger partial charge in [0.1, 0.15) is 11.9 Å². The van der Waals surface area contributed by atoms with Crippen molar-refractivity contribution in [3.8, 4) is 5.75 Å². The number of aryl methyl sites for hydroxylation is 2. The van der Waals surface area contributed by atoms with Crippen molar-refractivity contribution in [2.45, 2.75) is 81.9 Å². The highest BCUT2D eigenvalue weighted by Crippen LogP contribution is 2.67. The molecule has 30 heavy (non-hydrogen) atoms. The molecule has 2 atom stereocenters. The number of fused-ring (bicyclic) bond motifs is 3. The fourth-order valence-electron chi connectivity index (χ4n) is 5.92. The molecule has 2 fully saturated rings. The smallest absolute Gasteiger partial charge is 0.419 e. The van der Waals surface area contributed by atoms with Crippen LogP contribution in [0.3, 0.4) is 0 Å². The first-order chi connectivity index (χ1) is 14.2. The summed E-state index contributed by atoms with van der Waals surface area (Å²) < 4.78 is 53.3. The molecule has 1 aromatic carbocycles. The van der Waals surface area contributed by atoms with Crippen LogP contribution in [0, 0.1) is 12.3 Å². The number of nitrogens with zero attached hydrogens (tertiary/aromatic N) is 2. The Labute approximate surface area is 178 Å². The summed E-state index contributed by atoms with van der Waals surface area (Å²) in [6.45, 7) is 3.72. The van der Waals surface area contributed by atoms with Gasteiger partial charge in [-0.1, -0.05) is 19.4 Å². The number of aromatic nitrogens is 2. The average Bonchev–Trinajstić information content (AvgIpc) is 3.44. The topological polar surface area (TPSA) is 48.2 Å². The van der Waals surface area contributed by atoms with Gasteiger partial charge in [0.2, 0.25) is 11.8 Å². The van der Waals surface area contributed by atoms with E-state index in [1.807, 2.05) is 6.92 Å². The number of halogens is 4. The van der Waals surface area contributed by atoms with Crippen molar-refractivity contribution in [2.24, 2.45) is 5.41 Å². The molecule has 0 N–H and O–H groups in total. The molecule has 0 radical (unpaired) electrons. The monoisotopic (exact) mass is 440 g/mol. The van der Waals surface area contributed by atoms with E-state index in [-0.39, 0.29) is 16.6 Å². The van der Waals surface area contributed by atoms with Crippen LogP contribution in [0.5, 0.6) is 5.75 Å². The molecule has 0 spiro atoms. The molecule has 0 saturated heterocycles. The summed E-state index contributed by atoms with van der Waals surface area (Å²) in [6.07, 6.45) is 0.529. The molecular weight excluding hydrogens is 417 g/mol. The highest BCUT2D eigenvalue weighted by atomic mass is 35.5. The lowest BCUT2D eigenvalue weighted by atomic mass is 9.77. The van der Waals surface area contributed by atoms with E-state index in [9.17, 15) is 13.2 Å². The minimum atomic E-state index is -4.48. The van der Waals surface area contributed by atoms with Crippen LogP contribution < -0.4 is 4.74 Å². The SMILES string of the molecule is CCCc1cc2c(c(C(F)(F)F)c1)OC(C13CCC(c4nnc(C)o4)(CC1)C3)C2Cl. The first kappa shape index (κ1) is 20.2. The standard InChI is InChI=1S/C22H24ClF3N2O2/c1-3-4-13-9-14-16(23)18(30-17(14)15(10-13)22(24,25)26)20-5-7-21(11-20,8-6-20)19-28-27-12(2)29-19/h9-10,16,18H,3-8,11H2,1-2H3. The molecule has 4 nitrogen and oxygen atoms in total. The normalized spacial score (nSPS) is 32.5. The predicted octanol–water partition coefficient (Wildman–Crippen LogP) is 6.29. The zero-order chi connectivity index (χ0) is 21.3. The van der Waals surface area contributed by atoms with Gasteiger partial charge in [-0.2, -0.15) is 13.2 Å². The first-order valence-electron chi connectivity index (χ1n) is 10.5. The van der Waals surface area contributed by atoms with Crippen molar-refractivity contribution in [3.63, 3.8) is 0 Å². The van der Waals surface area contributed by atoms with E-state index in [2.05, 4.69) is 10.2 Å². The maximum Gasteiger partial charge on any atom is 0.419 e. The molecule has 5 rings (SSSR count). The third-order valence-electron chi connectivity index (χ3n) is 7.31. The quantitative estimate of drug-likeness (QED) is 0.524. The molecule has 2 bridgehead atoms. The lowest BCUT2D eigenvalue weighted by molar-refractivity contribution is -0.139. The Hall–Kier alpha value is -1.76. The number of rotatable bonds is 4. The molecule has 1 aromatic heterocycles. The van der Waals surface area contributed by atoms with Crippen LogP contribution in [0.1, 0.15) is 79.3 Å². The van der Waals surface area contributed by atoms with Crippen LogP contribution in [0.2, 0.25) is 0 Å². The Morgan fingerprint density at radius 1 is 1.17 bits per heavy atom. The van der Waals surface area contributed by atoms with Gasteiger partial charge in [0, 0.05) is 23.3 Å². The summed E-state index contributed by atoms with van der Waals surface area (Å²) in [4.78, 5) is 0. The Bertz CT molecular complexity index is 979. The van der Waals surface area contributed by atoms with Gasteiger partial charge in [-0.25, -0.2) is 0 Å². The minimum absolute atomic E-state index is 0.0836. The van der Waals surface area contributed by atoms with Gasteiger partial charge in [-0.05, 0) is 50.2 Å². The Balaban J connectivity index is 1.50. The minimum Gasteiger partial charge on any atom is -0.487 e. The fraction of sp³-hybridized carbons (Fsp3) is 0.636. The van der Waals surface area contributed by atoms with Gasteiger partial charge in [-0.15, -0.1) is 21.8 Å². The van der Waals surface area contributed by atoms with Crippen molar-refractivity contribution in [1.82, 2.24) is 10.2 Å². The Kier molecular flexibility index (Phi) is 4.45. The number of hydrogen-bond acceptors (Lipinski definition) is 4. The van der Waals surface area contributed by atoms with E-state index < -0.39 is 23.2 Å². The zero-order valence-electron chi connectivity index (χ0n) is 17.0. The molecule has 2 unspecified atom stereocenters. The molecule has 8 heteroatoms. The maximum absolute atomic E-state index is 13.8. The Morgan fingerprint density at radius 2 is 1.90 bits per heavy atom. The molecule has 2 aromatic rings. The Morgan fingerprint density at radius 3 is 2.50 bits per heavy atom. The summed E-state index contributed by atoms with van der Waals surface area (Å²) in [6, 6.07) is 3.03. The fourth-order valence-corrected chi connectivity index (χ4v) is 6.40. The zero-order valence-corrected chi connectivity index (χ0v) is 17.7. The number of hydrogen-bond donors (Lipinski definition) is 0. The van der Waals surface area contributed by atoms with Crippen LogP contribution in [0.15, 0.2) is 16.5 Å². The van der Waals surface area contributed by atoms with Crippen LogP contribution in [-0.2, 0) is 18.0 Å². The second-order valence-electron chi connectivity index (χ2n) is 9.20. The van der Waals surface area contributed by atoms with Crippen molar-refractivity contribution in [3.05, 3.63) is 40.6 Å². The number of alkyl halides is 4. The largest absolute Gasteiger partial charge is 0.487 e. The van der Waals surface area contributed by atoms with Gasteiger partial charge in [0.15, 0.2) is 0 Å². The third kappa shape index (κ3) is 2.88. The summed E-state index contributed by atoms with van der Waals surface area (Å²) in [7, 11) is 0. The van der Waals surface area contributed by atoms with Gasteiger partial charge < -0.3 is 9.15 Å². The van der Waals surface area contributed by atoms with Crippen molar-refractivity contribution in [2.75, 3.05) is 0 Å². The lowest BCUT2D eigenvalue weighted by Crippen LogP contribution is -2.36. The molecule has 1 aliphatic heterocycles. The molecule has 162 valence electrons. The molecule has 2 heterocycles. The second-order valence-corrected chi connectivity index (χ2v) is 9.67. The highest BCUT2D eigenvalue weighted by molar-refractivity contribution is 6.22. The van der Waals surface area contributed by atoms with E-state index in [4.69, 9.17) is 20.8 Å². The molecule has 2 aliphatic carbocycles. The van der Waals surface area contributed by atoms with Gasteiger partial charge in [0.05, 0.1) is 10.9 Å². The second kappa shape index (κ2) is 6.62. The number of ether oxygens (including phenoxy) is 1. The van der Waals surface area contributed by atoms with Gasteiger partial charge in [-0.3, -0.25) is 0 Å². The average molecular weight is 441 g/mol. The molecular formula is C22H24ClF3N2O2.